The van der Waals surface area contributed by atoms with Gasteiger partial charge in [0.1, 0.15) is 18.5 Å². The average Bonchev–Trinajstić information content (AvgIpc) is 3.40. The average molecular weight is 492 g/mol. The summed E-state index contributed by atoms with van der Waals surface area (Å²) in [7, 11) is 1.45. The number of hydrogen-bond donors (Lipinski definition) is 2. The molecule has 1 atom stereocenters. The van der Waals surface area contributed by atoms with Gasteiger partial charge >= 0.3 is 6.09 Å². The number of carbonyl (C=O) groups is 2. The largest absolute Gasteiger partial charge is 0.474 e. The molecule has 2 amide bonds. The first-order valence-corrected chi connectivity index (χ1v) is 11.2. The highest BCUT2D eigenvalue weighted by Gasteiger charge is 2.33. The first-order chi connectivity index (χ1) is 16.4. The van der Waals surface area contributed by atoms with Gasteiger partial charge in [0.2, 0.25) is 0 Å². The summed E-state index contributed by atoms with van der Waals surface area (Å²) in [6.45, 7) is 2.58. The lowest BCUT2D eigenvalue weighted by atomic mass is 10.2. The maximum Gasteiger partial charge on any atom is 0.414 e. The van der Waals surface area contributed by atoms with Crippen LogP contribution in [0.4, 0.5) is 20.6 Å². The van der Waals surface area contributed by atoms with Crippen molar-refractivity contribution in [2.45, 2.75) is 12.6 Å². The second kappa shape index (κ2) is 10.7. The number of halogens is 1. The Balaban J connectivity index is 1.36. The molecule has 0 saturated carbocycles. The molecule has 182 valence electrons. The number of anilines is 2. The maximum absolute atomic E-state index is 15.1. The van der Waals surface area contributed by atoms with Gasteiger partial charge in [-0.1, -0.05) is 0 Å². The van der Waals surface area contributed by atoms with Crippen LogP contribution in [-0.2, 0) is 20.8 Å². The molecule has 2 N–H and O–H groups in total. The minimum absolute atomic E-state index is 0.0986. The standard InChI is InChI=1S/C21H26FN7O4S/c1-32-20(34)24-11-16-12-28(21(31)33-16)15-2-3-18(17(22)10-15)27-7-5-25-29(9-8-27)19(30)13-26-6-4-23-14-26/h2-4,6,10,14,16,25H,5,7-9,11-13H2,1H3,(H,24,34)/t16-/m0/s1. The Morgan fingerprint density at radius 3 is 2.97 bits per heavy atom. The van der Waals surface area contributed by atoms with Crippen molar-refractivity contribution < 1.29 is 23.5 Å². The number of carbonyl (C=O) groups excluding carboxylic acids is 2. The fraction of sp³-hybridized carbons (Fsp3) is 0.429. The number of aromatic nitrogens is 2. The van der Waals surface area contributed by atoms with E-state index in [1.54, 1.807) is 40.4 Å². The lowest BCUT2D eigenvalue weighted by Gasteiger charge is -2.24. The Kier molecular flexibility index (Phi) is 7.43. The second-order valence-electron chi connectivity index (χ2n) is 7.80. The fourth-order valence-electron chi connectivity index (χ4n) is 3.84. The van der Waals surface area contributed by atoms with Gasteiger partial charge in [0.05, 0.1) is 44.4 Å². The van der Waals surface area contributed by atoms with E-state index in [9.17, 15) is 9.59 Å². The third-order valence-corrected chi connectivity index (χ3v) is 5.88. The van der Waals surface area contributed by atoms with Crippen molar-refractivity contribution in [2.75, 3.05) is 56.2 Å². The van der Waals surface area contributed by atoms with Gasteiger partial charge in [-0.05, 0) is 30.4 Å². The molecule has 2 aliphatic heterocycles. The summed E-state index contributed by atoms with van der Waals surface area (Å²) in [5, 5.41) is 4.60. The highest BCUT2D eigenvalue weighted by molar-refractivity contribution is 7.80. The Hall–Kier alpha value is -3.45. The third-order valence-electron chi connectivity index (χ3n) is 5.57. The monoisotopic (exact) mass is 491 g/mol. The van der Waals surface area contributed by atoms with E-state index in [1.165, 1.54) is 18.1 Å². The van der Waals surface area contributed by atoms with Crippen molar-refractivity contribution >= 4 is 40.8 Å². The minimum atomic E-state index is -0.548. The van der Waals surface area contributed by atoms with Crippen molar-refractivity contribution in [3.8, 4) is 0 Å². The quantitative estimate of drug-likeness (QED) is 0.566. The molecule has 4 rings (SSSR count). The molecule has 13 heteroatoms. The number of imidazole rings is 1. The topological polar surface area (TPSA) is 104 Å². The van der Waals surface area contributed by atoms with E-state index in [-0.39, 0.29) is 24.2 Å². The second-order valence-corrected chi connectivity index (χ2v) is 8.17. The van der Waals surface area contributed by atoms with Crippen LogP contribution in [0.1, 0.15) is 0 Å². The predicted octanol–water partition coefficient (Wildman–Crippen LogP) is 0.722. The smallest absolute Gasteiger partial charge is 0.414 e. The Labute approximate surface area is 201 Å². The zero-order valence-corrected chi connectivity index (χ0v) is 19.5. The molecule has 1 aromatic heterocycles. The molecule has 2 aliphatic rings. The SMILES string of the molecule is COC(=S)NC[C@H]1CN(c2ccc(N3CCNN(C(=O)Cn4ccnc4)CC3)c(F)c2)C(=O)O1. The predicted molar refractivity (Wildman–Crippen MR) is 126 cm³/mol. The van der Waals surface area contributed by atoms with Crippen molar-refractivity contribution in [3.63, 3.8) is 0 Å². The normalized spacial score (nSPS) is 18.5. The van der Waals surface area contributed by atoms with Crippen molar-refractivity contribution in [3.05, 3.63) is 42.7 Å². The Bertz CT molecular complexity index is 1040. The number of ether oxygens (including phenoxy) is 2. The van der Waals surface area contributed by atoms with Crippen LogP contribution in [0.15, 0.2) is 36.9 Å². The molecule has 0 spiro atoms. The summed E-state index contributed by atoms with van der Waals surface area (Å²) in [5.41, 5.74) is 3.91. The summed E-state index contributed by atoms with van der Waals surface area (Å²) in [6.07, 6.45) is 3.94. The van der Waals surface area contributed by atoms with Crippen LogP contribution in [-0.4, -0.2) is 84.2 Å². The first-order valence-electron chi connectivity index (χ1n) is 10.8. The van der Waals surface area contributed by atoms with E-state index in [0.717, 1.165) is 0 Å². The van der Waals surface area contributed by atoms with Gasteiger partial charge in [-0.2, -0.15) is 0 Å². The van der Waals surface area contributed by atoms with E-state index in [4.69, 9.17) is 21.7 Å². The number of rotatable bonds is 6. The summed E-state index contributed by atoms with van der Waals surface area (Å²) in [4.78, 5) is 32.0. The molecule has 34 heavy (non-hydrogen) atoms. The Morgan fingerprint density at radius 1 is 1.38 bits per heavy atom. The number of nitrogens with zero attached hydrogens (tertiary/aromatic N) is 5. The van der Waals surface area contributed by atoms with E-state index in [1.807, 2.05) is 4.90 Å². The molecule has 11 nitrogen and oxygen atoms in total. The van der Waals surface area contributed by atoms with Gasteiger partial charge in [0.15, 0.2) is 0 Å². The van der Waals surface area contributed by atoms with E-state index in [0.29, 0.717) is 44.1 Å². The van der Waals surface area contributed by atoms with Crippen LogP contribution < -0.4 is 20.5 Å². The van der Waals surface area contributed by atoms with Crippen molar-refractivity contribution in [1.29, 1.82) is 0 Å². The summed E-state index contributed by atoms with van der Waals surface area (Å²) in [6, 6.07) is 4.66. The van der Waals surface area contributed by atoms with Gasteiger partial charge in [0.25, 0.3) is 11.1 Å². The molecule has 1 aromatic carbocycles. The molecule has 2 saturated heterocycles. The zero-order valence-electron chi connectivity index (χ0n) is 18.6. The number of thiocarbonyl (C=S) groups is 1. The van der Waals surface area contributed by atoms with Gasteiger partial charge in [0, 0.05) is 32.0 Å². The molecular formula is C21H26FN7O4S. The van der Waals surface area contributed by atoms with Gasteiger partial charge < -0.3 is 24.3 Å². The molecule has 0 radical (unpaired) electrons. The number of hydrazine groups is 1. The number of methoxy groups -OCH3 is 1. The van der Waals surface area contributed by atoms with Crippen LogP contribution in [0.5, 0.6) is 0 Å². The van der Waals surface area contributed by atoms with Crippen molar-refractivity contribution in [2.24, 2.45) is 0 Å². The molecule has 2 aromatic rings. The highest BCUT2D eigenvalue weighted by atomic mass is 32.1. The van der Waals surface area contributed by atoms with Gasteiger partial charge in [-0.3, -0.25) is 14.7 Å². The van der Waals surface area contributed by atoms with Crippen LogP contribution in [0.3, 0.4) is 0 Å². The minimum Gasteiger partial charge on any atom is -0.474 e. The summed E-state index contributed by atoms with van der Waals surface area (Å²) < 4.78 is 27.0. The molecule has 2 fully saturated rings. The number of hydrogen-bond acceptors (Lipinski definition) is 8. The van der Waals surface area contributed by atoms with E-state index in [2.05, 4.69) is 15.7 Å². The molecule has 0 bridgehead atoms. The summed E-state index contributed by atoms with van der Waals surface area (Å²) in [5.74, 6) is -0.552. The molecule has 3 heterocycles. The third kappa shape index (κ3) is 5.54. The lowest BCUT2D eigenvalue weighted by molar-refractivity contribution is -0.134. The van der Waals surface area contributed by atoms with Crippen LogP contribution in [0.25, 0.3) is 0 Å². The first kappa shape index (κ1) is 23.7. The van der Waals surface area contributed by atoms with Crippen molar-refractivity contribution in [1.82, 2.24) is 25.3 Å². The lowest BCUT2D eigenvalue weighted by Crippen LogP contribution is -2.45. The molecule has 0 aliphatic carbocycles. The van der Waals surface area contributed by atoms with Gasteiger partial charge in [-0.15, -0.1) is 0 Å². The number of cyclic esters (lactones) is 1. The van der Waals surface area contributed by atoms with Crippen LogP contribution >= 0.6 is 12.2 Å². The molecular weight excluding hydrogens is 465 g/mol. The van der Waals surface area contributed by atoms with E-state index < -0.39 is 18.0 Å². The highest BCUT2D eigenvalue weighted by Crippen LogP contribution is 2.28. The van der Waals surface area contributed by atoms with Gasteiger partial charge in [-0.25, -0.2) is 19.6 Å². The number of benzene rings is 1. The zero-order chi connectivity index (χ0) is 24.1. The number of nitrogens with one attached hydrogen (secondary N) is 2. The molecule has 0 unspecified atom stereocenters. The Morgan fingerprint density at radius 2 is 2.24 bits per heavy atom. The van der Waals surface area contributed by atoms with Crippen LogP contribution in [0.2, 0.25) is 0 Å². The maximum atomic E-state index is 15.1. The summed E-state index contributed by atoms with van der Waals surface area (Å²) >= 11 is 4.92. The number of amides is 2. The van der Waals surface area contributed by atoms with Crippen LogP contribution in [0, 0.1) is 5.82 Å². The fourth-order valence-corrected chi connectivity index (χ4v) is 3.92. The van der Waals surface area contributed by atoms with E-state index >= 15 is 4.39 Å².